The molecule has 1 amide bonds. The second kappa shape index (κ2) is 8.08. The van der Waals surface area contributed by atoms with Crippen LogP contribution in [0.2, 0.25) is 5.02 Å². The van der Waals surface area contributed by atoms with E-state index in [0.717, 1.165) is 5.56 Å². The van der Waals surface area contributed by atoms with Crippen molar-refractivity contribution in [3.05, 3.63) is 64.7 Å². The Balaban J connectivity index is 1.93. The van der Waals surface area contributed by atoms with E-state index in [-0.39, 0.29) is 23.8 Å². The molecular formula is C19H22ClN2O2+. The molecule has 0 aliphatic rings. The Kier molecular flexibility index (Phi) is 6.12. The third-order valence-electron chi connectivity index (χ3n) is 3.95. The summed E-state index contributed by atoms with van der Waals surface area (Å²) < 4.78 is 0. The van der Waals surface area contributed by atoms with Crippen molar-refractivity contribution in [2.75, 3.05) is 5.32 Å². The number of benzene rings is 2. The maximum atomic E-state index is 12.3. The molecule has 0 fully saturated rings. The minimum atomic E-state index is -0.247. The summed E-state index contributed by atoms with van der Waals surface area (Å²) in [6, 6.07) is 14.4. The van der Waals surface area contributed by atoms with Crippen LogP contribution in [0.25, 0.3) is 0 Å². The largest absolute Gasteiger partial charge is 0.330 e. The highest BCUT2D eigenvalue weighted by atomic mass is 35.5. The van der Waals surface area contributed by atoms with E-state index in [0.29, 0.717) is 16.3 Å². The Hall–Kier alpha value is -2.17. The Labute approximate surface area is 147 Å². The number of nitrogens with two attached hydrogens (primary N) is 1. The van der Waals surface area contributed by atoms with Crippen molar-refractivity contribution in [2.45, 2.75) is 32.9 Å². The van der Waals surface area contributed by atoms with E-state index < -0.39 is 0 Å². The molecule has 126 valence electrons. The summed E-state index contributed by atoms with van der Waals surface area (Å²) in [6.07, 6.45) is 0. The Morgan fingerprint density at radius 1 is 1.00 bits per heavy atom. The quantitative estimate of drug-likeness (QED) is 0.790. The van der Waals surface area contributed by atoms with Gasteiger partial charge in [-0.25, -0.2) is 0 Å². The first-order valence-electron chi connectivity index (χ1n) is 7.89. The van der Waals surface area contributed by atoms with Crippen molar-refractivity contribution in [3.8, 4) is 0 Å². The number of carbonyl (C=O) groups is 2. The number of carbonyl (C=O) groups excluding carboxylic acids is 2. The summed E-state index contributed by atoms with van der Waals surface area (Å²) >= 11 is 5.90. The number of hydrogen-bond acceptors (Lipinski definition) is 2. The Morgan fingerprint density at radius 2 is 1.58 bits per heavy atom. The summed E-state index contributed by atoms with van der Waals surface area (Å²) in [6.45, 7) is 5.43. The van der Waals surface area contributed by atoms with Gasteiger partial charge in [-0.05, 0) is 57.2 Å². The van der Waals surface area contributed by atoms with Gasteiger partial charge in [0, 0.05) is 21.8 Å². The molecule has 0 unspecified atom stereocenters. The van der Waals surface area contributed by atoms with Crippen LogP contribution in [0.5, 0.6) is 0 Å². The second-order valence-corrected chi connectivity index (χ2v) is 6.38. The number of amides is 1. The molecule has 0 aliphatic heterocycles. The normalized spacial score (nSPS) is 13.2. The van der Waals surface area contributed by atoms with E-state index in [4.69, 9.17) is 11.6 Å². The monoisotopic (exact) mass is 345 g/mol. The average molecular weight is 346 g/mol. The molecule has 4 nitrogen and oxygen atoms in total. The van der Waals surface area contributed by atoms with Crippen LogP contribution in [-0.4, -0.2) is 17.7 Å². The molecule has 0 aromatic heterocycles. The van der Waals surface area contributed by atoms with Crippen LogP contribution in [0.1, 0.15) is 42.7 Å². The van der Waals surface area contributed by atoms with Gasteiger partial charge in [0.25, 0.3) is 5.91 Å². The lowest BCUT2D eigenvalue weighted by atomic mass is 10.1. The molecule has 5 heteroatoms. The average Bonchev–Trinajstić information content (AvgIpc) is 2.55. The molecule has 24 heavy (non-hydrogen) atoms. The van der Waals surface area contributed by atoms with Crippen molar-refractivity contribution >= 4 is 29.0 Å². The van der Waals surface area contributed by atoms with Gasteiger partial charge in [-0.15, -0.1) is 0 Å². The third kappa shape index (κ3) is 4.91. The fraction of sp³-hybridized carbons (Fsp3) is 0.263. The minimum Gasteiger partial charge on any atom is -0.330 e. The zero-order chi connectivity index (χ0) is 17.7. The van der Waals surface area contributed by atoms with Crippen molar-refractivity contribution in [3.63, 3.8) is 0 Å². The van der Waals surface area contributed by atoms with E-state index >= 15 is 0 Å². The molecule has 0 bridgehead atoms. The highest BCUT2D eigenvalue weighted by molar-refractivity contribution is 6.30. The van der Waals surface area contributed by atoms with Crippen LogP contribution in [0.3, 0.4) is 0 Å². The zero-order valence-corrected chi connectivity index (χ0v) is 14.8. The fourth-order valence-electron chi connectivity index (χ4n) is 2.44. The number of rotatable bonds is 6. The van der Waals surface area contributed by atoms with Crippen LogP contribution in [0.4, 0.5) is 5.69 Å². The molecule has 0 saturated carbocycles. The van der Waals surface area contributed by atoms with Crippen molar-refractivity contribution < 1.29 is 14.9 Å². The standard InChI is InChI=1S/C19H21ClN2O2/c1-12(15-4-8-17(20)9-5-15)21-13(2)19(24)22-18-10-6-16(7-11-18)14(3)23/h4-13,21H,1-3H3,(H,22,24)/p+1/t12-,13-/m0/s1. The highest BCUT2D eigenvalue weighted by Gasteiger charge is 2.20. The van der Waals surface area contributed by atoms with E-state index in [2.05, 4.69) is 12.2 Å². The van der Waals surface area contributed by atoms with E-state index in [1.54, 1.807) is 24.3 Å². The first-order chi connectivity index (χ1) is 11.4. The molecule has 0 aliphatic carbocycles. The SMILES string of the molecule is CC(=O)c1ccc(NC(=O)[C@H](C)[NH2+][C@@H](C)c2ccc(Cl)cc2)cc1. The van der Waals surface area contributed by atoms with Crippen LogP contribution in [-0.2, 0) is 4.79 Å². The van der Waals surface area contributed by atoms with Gasteiger partial charge < -0.3 is 10.6 Å². The molecule has 3 N–H and O–H groups in total. The molecule has 2 rings (SSSR count). The van der Waals surface area contributed by atoms with Crippen LogP contribution >= 0.6 is 11.6 Å². The first-order valence-corrected chi connectivity index (χ1v) is 8.27. The number of hydrogen-bond donors (Lipinski definition) is 2. The number of Topliss-reactive ketones (excluding diaryl/α,β-unsaturated/α-hetero) is 1. The van der Waals surface area contributed by atoms with Gasteiger partial charge in [0.05, 0.1) is 0 Å². The maximum absolute atomic E-state index is 12.3. The molecule has 2 aromatic carbocycles. The Bertz CT molecular complexity index is 711. The molecule has 0 saturated heterocycles. The smallest absolute Gasteiger partial charge is 0.282 e. The molecule has 0 heterocycles. The topological polar surface area (TPSA) is 62.8 Å². The number of halogens is 1. The minimum absolute atomic E-state index is 0.00590. The highest BCUT2D eigenvalue weighted by Crippen LogP contribution is 2.14. The molecule has 0 spiro atoms. The zero-order valence-electron chi connectivity index (χ0n) is 14.0. The number of ketones is 1. The van der Waals surface area contributed by atoms with Gasteiger partial charge in [0.2, 0.25) is 0 Å². The summed E-state index contributed by atoms with van der Waals surface area (Å²) in [5.41, 5.74) is 2.43. The number of quaternary nitrogens is 1. The predicted octanol–water partition coefficient (Wildman–Crippen LogP) is 3.19. The summed E-state index contributed by atoms with van der Waals surface area (Å²) in [5, 5.41) is 5.57. The van der Waals surface area contributed by atoms with Crippen molar-refractivity contribution in [2.24, 2.45) is 0 Å². The Morgan fingerprint density at radius 3 is 2.12 bits per heavy atom. The van der Waals surface area contributed by atoms with Gasteiger partial charge in [0.15, 0.2) is 11.8 Å². The summed E-state index contributed by atoms with van der Waals surface area (Å²) in [4.78, 5) is 23.6. The van der Waals surface area contributed by atoms with Gasteiger partial charge in [-0.3, -0.25) is 9.59 Å². The van der Waals surface area contributed by atoms with E-state index in [1.807, 2.05) is 36.5 Å². The second-order valence-electron chi connectivity index (χ2n) is 5.94. The maximum Gasteiger partial charge on any atom is 0.282 e. The van der Waals surface area contributed by atoms with Crippen LogP contribution < -0.4 is 10.6 Å². The van der Waals surface area contributed by atoms with Crippen LogP contribution in [0, 0.1) is 0 Å². The van der Waals surface area contributed by atoms with Crippen LogP contribution in [0.15, 0.2) is 48.5 Å². The first kappa shape index (κ1) is 18.2. The number of anilines is 1. The fourth-order valence-corrected chi connectivity index (χ4v) is 2.57. The van der Waals surface area contributed by atoms with Gasteiger partial charge >= 0.3 is 0 Å². The van der Waals surface area contributed by atoms with Crippen molar-refractivity contribution in [1.29, 1.82) is 0 Å². The third-order valence-corrected chi connectivity index (χ3v) is 4.20. The molecule has 0 radical (unpaired) electrons. The summed E-state index contributed by atoms with van der Waals surface area (Å²) in [7, 11) is 0. The van der Waals surface area contributed by atoms with Crippen molar-refractivity contribution in [1.82, 2.24) is 0 Å². The lowest BCUT2D eigenvalue weighted by Crippen LogP contribution is -2.91. The van der Waals surface area contributed by atoms with Gasteiger partial charge in [-0.2, -0.15) is 0 Å². The molecule has 2 aromatic rings. The molecular weight excluding hydrogens is 324 g/mol. The lowest BCUT2D eigenvalue weighted by Gasteiger charge is -2.17. The van der Waals surface area contributed by atoms with Gasteiger partial charge in [-0.1, -0.05) is 23.7 Å². The van der Waals surface area contributed by atoms with E-state index in [9.17, 15) is 9.59 Å². The van der Waals surface area contributed by atoms with E-state index in [1.165, 1.54) is 6.92 Å². The lowest BCUT2D eigenvalue weighted by molar-refractivity contribution is -0.709. The summed E-state index contributed by atoms with van der Waals surface area (Å²) in [5.74, 6) is -0.0715. The van der Waals surface area contributed by atoms with Gasteiger partial charge in [0.1, 0.15) is 6.04 Å². The molecule has 2 atom stereocenters. The number of nitrogens with one attached hydrogen (secondary N) is 1. The predicted molar refractivity (Wildman–Crippen MR) is 96.3 cm³/mol.